The van der Waals surface area contributed by atoms with Crippen molar-refractivity contribution in [2.75, 3.05) is 31.1 Å². The summed E-state index contributed by atoms with van der Waals surface area (Å²) in [6.07, 6.45) is 1.16. The molecule has 112 valence electrons. The molecule has 2 N–H and O–H groups in total. The van der Waals surface area contributed by atoms with E-state index < -0.39 is 0 Å². The van der Waals surface area contributed by atoms with Gasteiger partial charge in [-0.3, -0.25) is 4.90 Å². The molecule has 1 saturated heterocycles. The number of nitrogens with zero attached hydrogens (tertiary/aromatic N) is 2. The van der Waals surface area contributed by atoms with Crippen molar-refractivity contribution < 1.29 is 4.39 Å². The van der Waals surface area contributed by atoms with Crippen molar-refractivity contribution in [2.24, 2.45) is 5.73 Å². The molecule has 0 aromatic heterocycles. The average Bonchev–Trinajstić information content (AvgIpc) is 2.46. The molecule has 0 bridgehead atoms. The topological polar surface area (TPSA) is 32.5 Å². The largest absolute Gasteiger partial charge is 0.366 e. The summed E-state index contributed by atoms with van der Waals surface area (Å²) in [5.41, 5.74) is 7.59. The Labute approximate surface area is 121 Å². The molecule has 3 nitrogen and oxygen atoms in total. The molecule has 1 aliphatic rings. The molecule has 1 heterocycles. The van der Waals surface area contributed by atoms with Crippen LogP contribution in [0.25, 0.3) is 0 Å². The summed E-state index contributed by atoms with van der Waals surface area (Å²) >= 11 is 0. The summed E-state index contributed by atoms with van der Waals surface area (Å²) in [4.78, 5) is 4.62. The molecular weight excluding hydrogens is 253 g/mol. The molecule has 20 heavy (non-hydrogen) atoms. The fraction of sp³-hybridized carbons (Fsp3) is 0.625. The van der Waals surface area contributed by atoms with Crippen molar-refractivity contribution in [3.8, 4) is 0 Å². The van der Waals surface area contributed by atoms with E-state index in [0.29, 0.717) is 11.7 Å². The standard InChI is InChI=1S/C16H26FN3/c1-4-12(2)19-8-10-20(11-9-19)16-14(13(3)18)6-5-7-15(16)17/h5-7,12-13H,4,8-11,18H2,1-3H3/t12?,13-/m1/s1. The van der Waals surface area contributed by atoms with E-state index in [0.717, 1.165) is 38.2 Å². The van der Waals surface area contributed by atoms with E-state index in [2.05, 4.69) is 23.6 Å². The van der Waals surface area contributed by atoms with Crippen LogP contribution >= 0.6 is 0 Å². The molecule has 1 aliphatic heterocycles. The van der Waals surface area contributed by atoms with E-state index in [-0.39, 0.29) is 11.9 Å². The van der Waals surface area contributed by atoms with Crippen LogP contribution in [0.4, 0.5) is 10.1 Å². The summed E-state index contributed by atoms with van der Waals surface area (Å²) < 4.78 is 14.2. The van der Waals surface area contributed by atoms with Gasteiger partial charge in [-0.05, 0) is 31.9 Å². The van der Waals surface area contributed by atoms with Crippen LogP contribution in [0.5, 0.6) is 0 Å². The highest BCUT2D eigenvalue weighted by Gasteiger charge is 2.24. The summed E-state index contributed by atoms with van der Waals surface area (Å²) in [6.45, 7) is 10.1. The summed E-state index contributed by atoms with van der Waals surface area (Å²) in [5.74, 6) is -0.156. The Morgan fingerprint density at radius 1 is 1.20 bits per heavy atom. The third kappa shape index (κ3) is 3.13. The molecule has 2 atom stereocenters. The minimum atomic E-state index is -0.156. The first kappa shape index (κ1) is 15.3. The van der Waals surface area contributed by atoms with Gasteiger partial charge in [-0.1, -0.05) is 19.1 Å². The highest BCUT2D eigenvalue weighted by Crippen LogP contribution is 2.29. The Morgan fingerprint density at radius 3 is 2.40 bits per heavy atom. The molecule has 1 aromatic carbocycles. The first-order chi connectivity index (χ1) is 9.54. The molecule has 2 rings (SSSR count). The monoisotopic (exact) mass is 279 g/mol. The fourth-order valence-electron chi connectivity index (χ4n) is 2.88. The second kappa shape index (κ2) is 6.55. The van der Waals surface area contributed by atoms with Crippen LogP contribution in [0.2, 0.25) is 0 Å². The van der Waals surface area contributed by atoms with E-state index >= 15 is 0 Å². The zero-order chi connectivity index (χ0) is 14.7. The third-order valence-electron chi connectivity index (χ3n) is 4.35. The number of rotatable bonds is 4. The molecule has 1 aromatic rings. The third-order valence-corrected chi connectivity index (χ3v) is 4.35. The van der Waals surface area contributed by atoms with Gasteiger partial charge in [0.05, 0.1) is 5.69 Å². The minimum Gasteiger partial charge on any atom is -0.366 e. The smallest absolute Gasteiger partial charge is 0.146 e. The Hall–Kier alpha value is -1.13. The molecule has 1 fully saturated rings. The maximum Gasteiger partial charge on any atom is 0.146 e. The lowest BCUT2D eigenvalue weighted by atomic mass is 10.0. The van der Waals surface area contributed by atoms with Crippen LogP contribution in [0.1, 0.15) is 38.8 Å². The van der Waals surface area contributed by atoms with Crippen LogP contribution in [0.3, 0.4) is 0 Å². The lowest BCUT2D eigenvalue weighted by Gasteiger charge is -2.40. The van der Waals surface area contributed by atoms with Gasteiger partial charge >= 0.3 is 0 Å². The normalized spacial score (nSPS) is 19.9. The van der Waals surface area contributed by atoms with E-state index in [1.54, 1.807) is 6.07 Å². The summed E-state index contributed by atoms with van der Waals surface area (Å²) in [6, 6.07) is 5.67. The number of anilines is 1. The number of piperazine rings is 1. The van der Waals surface area contributed by atoms with Crippen molar-refractivity contribution in [3.05, 3.63) is 29.6 Å². The van der Waals surface area contributed by atoms with Gasteiger partial charge in [0.2, 0.25) is 0 Å². The SMILES string of the molecule is CCC(C)N1CCN(c2c(F)cccc2[C@@H](C)N)CC1. The number of hydrogen-bond acceptors (Lipinski definition) is 3. The van der Waals surface area contributed by atoms with Gasteiger partial charge in [-0.2, -0.15) is 0 Å². The Balaban J connectivity index is 2.15. The number of halogens is 1. The van der Waals surface area contributed by atoms with Gasteiger partial charge in [0.15, 0.2) is 0 Å². The predicted molar refractivity (Wildman–Crippen MR) is 82.5 cm³/mol. The van der Waals surface area contributed by atoms with E-state index in [1.165, 1.54) is 6.07 Å². The maximum atomic E-state index is 14.2. The fourth-order valence-corrected chi connectivity index (χ4v) is 2.88. The summed E-state index contributed by atoms with van der Waals surface area (Å²) in [7, 11) is 0. The van der Waals surface area contributed by atoms with Crippen molar-refractivity contribution >= 4 is 5.69 Å². The number of nitrogens with two attached hydrogens (primary N) is 1. The Kier molecular flexibility index (Phi) is 5.00. The molecule has 4 heteroatoms. The van der Waals surface area contributed by atoms with Crippen molar-refractivity contribution in [2.45, 2.75) is 39.3 Å². The van der Waals surface area contributed by atoms with Crippen molar-refractivity contribution in [1.29, 1.82) is 0 Å². The lowest BCUT2D eigenvalue weighted by Crippen LogP contribution is -2.50. The van der Waals surface area contributed by atoms with E-state index in [1.807, 2.05) is 13.0 Å². The zero-order valence-electron chi connectivity index (χ0n) is 12.8. The molecule has 0 spiro atoms. The highest BCUT2D eigenvalue weighted by molar-refractivity contribution is 5.56. The van der Waals surface area contributed by atoms with E-state index in [9.17, 15) is 4.39 Å². The van der Waals surface area contributed by atoms with Crippen molar-refractivity contribution in [1.82, 2.24) is 4.90 Å². The quantitative estimate of drug-likeness (QED) is 0.920. The van der Waals surface area contributed by atoms with Crippen LogP contribution in [0, 0.1) is 5.82 Å². The highest BCUT2D eigenvalue weighted by atomic mass is 19.1. The molecule has 0 amide bonds. The van der Waals surface area contributed by atoms with Gasteiger partial charge in [-0.15, -0.1) is 0 Å². The van der Waals surface area contributed by atoms with Gasteiger partial charge < -0.3 is 10.6 Å². The van der Waals surface area contributed by atoms with Gasteiger partial charge in [0, 0.05) is 38.3 Å². The first-order valence-electron chi connectivity index (χ1n) is 7.57. The lowest BCUT2D eigenvalue weighted by molar-refractivity contribution is 0.192. The van der Waals surface area contributed by atoms with Gasteiger partial charge in [0.1, 0.15) is 5.82 Å². The number of para-hydroxylation sites is 1. The Morgan fingerprint density at radius 2 is 1.85 bits per heavy atom. The molecule has 0 radical (unpaired) electrons. The maximum absolute atomic E-state index is 14.2. The van der Waals surface area contributed by atoms with Gasteiger partial charge in [-0.25, -0.2) is 4.39 Å². The Bertz CT molecular complexity index is 439. The average molecular weight is 279 g/mol. The number of benzene rings is 1. The van der Waals surface area contributed by atoms with Crippen molar-refractivity contribution in [3.63, 3.8) is 0 Å². The molecule has 1 unspecified atom stereocenters. The first-order valence-corrected chi connectivity index (χ1v) is 7.57. The van der Waals surface area contributed by atoms with Crippen LogP contribution in [0.15, 0.2) is 18.2 Å². The van der Waals surface area contributed by atoms with Crippen LogP contribution in [-0.2, 0) is 0 Å². The van der Waals surface area contributed by atoms with Crippen LogP contribution < -0.4 is 10.6 Å². The molecule has 0 aliphatic carbocycles. The van der Waals surface area contributed by atoms with E-state index in [4.69, 9.17) is 5.73 Å². The number of hydrogen-bond donors (Lipinski definition) is 1. The van der Waals surface area contributed by atoms with Gasteiger partial charge in [0.25, 0.3) is 0 Å². The predicted octanol–water partition coefficient (Wildman–Crippen LogP) is 2.77. The second-order valence-corrected chi connectivity index (χ2v) is 5.75. The summed E-state index contributed by atoms with van der Waals surface area (Å²) in [5, 5.41) is 0. The van der Waals surface area contributed by atoms with Crippen LogP contribution in [-0.4, -0.2) is 37.1 Å². The zero-order valence-corrected chi connectivity index (χ0v) is 12.8. The molecular formula is C16H26FN3. The molecule has 0 saturated carbocycles. The minimum absolute atomic E-state index is 0.145. The second-order valence-electron chi connectivity index (χ2n) is 5.75.